The Morgan fingerprint density at radius 2 is 2.06 bits per heavy atom. The van der Waals surface area contributed by atoms with E-state index in [9.17, 15) is 12.8 Å². The van der Waals surface area contributed by atoms with Crippen molar-refractivity contribution in [1.82, 2.24) is 4.72 Å². The molecule has 0 radical (unpaired) electrons. The van der Waals surface area contributed by atoms with Crippen LogP contribution in [0.1, 0.15) is 25.3 Å². The number of benzene rings is 2. The van der Waals surface area contributed by atoms with Crippen LogP contribution in [0.25, 0.3) is 0 Å². The molecule has 0 saturated heterocycles. The quantitative estimate of drug-likeness (QED) is 0.463. The maximum absolute atomic E-state index is 14.1. The first-order chi connectivity index (χ1) is 14.9. The lowest BCUT2D eigenvalue weighted by Crippen LogP contribution is -2.24. The third-order valence-electron chi connectivity index (χ3n) is 5.14. The van der Waals surface area contributed by atoms with Gasteiger partial charge in [0.1, 0.15) is 5.83 Å². The predicted molar refractivity (Wildman–Crippen MR) is 128 cm³/mol. The lowest BCUT2D eigenvalue weighted by atomic mass is 9.90. The molecule has 2 unspecified atom stereocenters. The van der Waals surface area contributed by atoms with E-state index < -0.39 is 10.0 Å². The Morgan fingerprint density at radius 1 is 1.23 bits per heavy atom. The Kier molecular flexibility index (Phi) is 6.81. The fraction of sp³-hybridized carbons (Fsp3) is 0.261. The summed E-state index contributed by atoms with van der Waals surface area (Å²) in [6, 6.07) is 12.8. The van der Waals surface area contributed by atoms with Gasteiger partial charge in [-0.25, -0.2) is 17.5 Å². The monoisotopic (exact) mass is 520 g/mol. The Balaban J connectivity index is 1.81. The maximum Gasteiger partial charge on any atom is 0.240 e. The van der Waals surface area contributed by atoms with Gasteiger partial charge in [-0.05, 0) is 54.5 Å². The van der Waals surface area contributed by atoms with Gasteiger partial charge >= 0.3 is 0 Å². The number of hydrogen-bond donors (Lipinski definition) is 1. The van der Waals surface area contributed by atoms with E-state index in [-0.39, 0.29) is 21.9 Å². The molecule has 1 N–H and O–H groups in total. The molecule has 0 saturated carbocycles. The molecule has 2 aromatic carbocycles. The number of nitrogens with one attached hydrogen (secondary N) is 1. The summed E-state index contributed by atoms with van der Waals surface area (Å²) in [7, 11) is -3.62. The van der Waals surface area contributed by atoms with Gasteiger partial charge in [0.05, 0.1) is 16.3 Å². The van der Waals surface area contributed by atoms with Crippen LogP contribution in [0.2, 0.25) is 0 Å². The Bertz CT molecular complexity index is 1190. The van der Waals surface area contributed by atoms with E-state index in [0.717, 1.165) is 33.5 Å². The Hall–Kier alpha value is -1.74. The molecule has 1 heterocycles. The van der Waals surface area contributed by atoms with Crippen molar-refractivity contribution in [1.29, 1.82) is 0 Å². The lowest BCUT2D eigenvalue weighted by molar-refractivity contribution is 0.578. The van der Waals surface area contributed by atoms with Crippen molar-refractivity contribution in [3.05, 3.63) is 76.6 Å². The van der Waals surface area contributed by atoms with E-state index in [4.69, 9.17) is 4.99 Å². The molecular formula is C23H22BrFN2O2S2. The summed E-state index contributed by atoms with van der Waals surface area (Å²) in [6.07, 6.45) is 6.60. The first-order valence-electron chi connectivity index (χ1n) is 10.1. The predicted octanol–water partition coefficient (Wildman–Crippen LogP) is 6.16. The van der Waals surface area contributed by atoms with Crippen LogP contribution in [0.3, 0.4) is 0 Å². The van der Waals surface area contributed by atoms with E-state index in [1.807, 2.05) is 37.3 Å². The van der Waals surface area contributed by atoms with E-state index >= 15 is 0 Å². The normalized spacial score (nSPS) is 20.4. The number of hydrogen-bond acceptors (Lipinski definition) is 4. The van der Waals surface area contributed by atoms with Crippen LogP contribution >= 0.6 is 27.7 Å². The van der Waals surface area contributed by atoms with Crippen molar-refractivity contribution in [3.8, 4) is 0 Å². The van der Waals surface area contributed by atoms with Crippen molar-refractivity contribution < 1.29 is 12.8 Å². The molecule has 2 atom stereocenters. The van der Waals surface area contributed by atoms with Crippen LogP contribution in [0.5, 0.6) is 0 Å². The molecular weight excluding hydrogens is 499 g/mol. The summed E-state index contributed by atoms with van der Waals surface area (Å²) in [5, 5.41) is -0.172. The number of unbranched alkanes of at least 4 members (excludes halogenated alkanes) is 1. The van der Waals surface area contributed by atoms with Gasteiger partial charge in [-0.2, -0.15) is 0 Å². The van der Waals surface area contributed by atoms with Crippen LogP contribution in [0.15, 0.2) is 85.8 Å². The number of thioether (sulfide) groups is 1. The van der Waals surface area contributed by atoms with Gasteiger partial charge in [-0.1, -0.05) is 47.5 Å². The lowest BCUT2D eigenvalue weighted by Gasteiger charge is -2.23. The first-order valence-corrected chi connectivity index (χ1v) is 13.2. The minimum atomic E-state index is -3.62. The molecule has 4 nitrogen and oxygen atoms in total. The second kappa shape index (κ2) is 9.40. The summed E-state index contributed by atoms with van der Waals surface area (Å²) < 4.78 is 43.1. The summed E-state index contributed by atoms with van der Waals surface area (Å²) in [5.74, 6) is -0.404. The number of sulfonamides is 1. The van der Waals surface area contributed by atoms with Crippen LogP contribution in [0, 0.1) is 5.92 Å². The largest absolute Gasteiger partial charge is 0.251 e. The number of rotatable bonds is 6. The molecule has 2 aromatic rings. The van der Waals surface area contributed by atoms with Gasteiger partial charge in [-0.3, -0.25) is 4.99 Å². The average molecular weight is 521 g/mol. The second-order valence-electron chi connectivity index (χ2n) is 7.41. The SMILES string of the molecule is CCCCNS(=O)(=O)c1ccc2c(c1)N=C(c1cccc(Br)c1)C1C=CC(F)=CC1S2. The van der Waals surface area contributed by atoms with Gasteiger partial charge in [0.15, 0.2) is 0 Å². The number of aliphatic imine (C=N–C) groups is 1. The maximum atomic E-state index is 14.1. The highest BCUT2D eigenvalue weighted by Gasteiger charge is 2.31. The fourth-order valence-corrected chi connectivity index (χ4v) is 6.27. The van der Waals surface area contributed by atoms with Crippen molar-refractivity contribution in [2.45, 2.75) is 34.8 Å². The Morgan fingerprint density at radius 3 is 2.84 bits per heavy atom. The van der Waals surface area contributed by atoms with Crippen molar-refractivity contribution in [2.75, 3.05) is 6.54 Å². The van der Waals surface area contributed by atoms with E-state index in [1.165, 1.54) is 17.8 Å². The molecule has 0 amide bonds. The molecule has 0 bridgehead atoms. The van der Waals surface area contributed by atoms with Crippen LogP contribution in [0.4, 0.5) is 10.1 Å². The van der Waals surface area contributed by atoms with Crippen molar-refractivity contribution >= 4 is 49.1 Å². The van der Waals surface area contributed by atoms with E-state index in [1.54, 1.807) is 24.3 Å². The highest BCUT2D eigenvalue weighted by atomic mass is 79.9. The molecule has 1 aliphatic carbocycles. The third-order valence-corrected chi connectivity index (χ3v) is 8.40. The molecule has 0 fully saturated rings. The van der Waals surface area contributed by atoms with Crippen LogP contribution in [-0.2, 0) is 10.0 Å². The molecule has 31 heavy (non-hydrogen) atoms. The minimum absolute atomic E-state index is 0.131. The van der Waals surface area contributed by atoms with Crippen LogP contribution < -0.4 is 4.72 Å². The smallest absolute Gasteiger partial charge is 0.240 e. The number of fused-ring (bicyclic) bond motifs is 2. The highest BCUT2D eigenvalue weighted by molar-refractivity contribution is 9.10. The van der Waals surface area contributed by atoms with E-state index in [2.05, 4.69) is 20.7 Å². The molecule has 8 heteroatoms. The zero-order valence-electron chi connectivity index (χ0n) is 16.9. The molecule has 162 valence electrons. The second-order valence-corrected chi connectivity index (χ2v) is 11.3. The highest BCUT2D eigenvalue weighted by Crippen LogP contribution is 2.44. The molecule has 1 aliphatic heterocycles. The summed E-state index contributed by atoms with van der Waals surface area (Å²) in [5.41, 5.74) is 2.27. The molecule has 0 aromatic heterocycles. The molecule has 4 rings (SSSR count). The first kappa shape index (κ1) is 22.5. The Labute approximate surface area is 194 Å². The van der Waals surface area contributed by atoms with Crippen molar-refractivity contribution in [2.24, 2.45) is 10.9 Å². The van der Waals surface area contributed by atoms with Gasteiger partial charge in [0, 0.05) is 27.1 Å². The van der Waals surface area contributed by atoms with Crippen LogP contribution in [-0.4, -0.2) is 25.9 Å². The third kappa shape index (κ3) is 5.03. The van der Waals surface area contributed by atoms with E-state index in [0.29, 0.717) is 12.2 Å². The summed E-state index contributed by atoms with van der Waals surface area (Å²) >= 11 is 5.01. The zero-order valence-corrected chi connectivity index (χ0v) is 20.1. The minimum Gasteiger partial charge on any atom is -0.251 e. The fourth-order valence-electron chi connectivity index (χ4n) is 3.55. The van der Waals surface area contributed by atoms with Crippen molar-refractivity contribution in [3.63, 3.8) is 0 Å². The number of nitrogens with zero attached hydrogens (tertiary/aromatic N) is 1. The van der Waals surface area contributed by atoms with Gasteiger partial charge in [0.2, 0.25) is 10.0 Å². The summed E-state index contributed by atoms with van der Waals surface area (Å²) in [6.45, 7) is 2.41. The zero-order chi connectivity index (χ0) is 22.0. The average Bonchev–Trinajstić information content (AvgIpc) is 2.89. The number of halogens is 2. The topological polar surface area (TPSA) is 58.5 Å². The summed E-state index contributed by atoms with van der Waals surface area (Å²) in [4.78, 5) is 5.92. The van der Waals surface area contributed by atoms with Gasteiger partial charge < -0.3 is 0 Å². The molecule has 2 aliphatic rings. The number of allylic oxidation sites excluding steroid dienone is 3. The molecule has 0 spiro atoms. The standard InChI is InChI=1S/C23H22BrFN2O2S2/c1-2-3-11-26-31(28,29)18-8-10-21-20(14-18)27-23(15-5-4-6-16(24)12-15)19-9-7-17(25)13-22(19)30-21/h4-10,12-14,19,22,26H,2-3,11H2,1H3. The van der Waals surface area contributed by atoms with Gasteiger partial charge in [0.25, 0.3) is 0 Å². The van der Waals surface area contributed by atoms with Gasteiger partial charge in [-0.15, -0.1) is 11.8 Å².